The van der Waals surface area contributed by atoms with Gasteiger partial charge in [-0.05, 0) is 47.6 Å². The molecule has 1 aliphatic heterocycles. The van der Waals surface area contributed by atoms with Gasteiger partial charge >= 0.3 is 15.4 Å². The summed E-state index contributed by atoms with van der Waals surface area (Å²) < 4.78 is 63.8. The van der Waals surface area contributed by atoms with Crippen molar-refractivity contribution < 1.29 is 30.4 Å². The first-order chi connectivity index (χ1) is 13.7. The van der Waals surface area contributed by atoms with Gasteiger partial charge in [0, 0.05) is 22.0 Å². The van der Waals surface area contributed by atoms with Gasteiger partial charge in [0.25, 0.3) is 0 Å². The number of alkyl halides is 2. The third-order valence-corrected chi connectivity index (χ3v) is 10.7. The Balaban J connectivity index is 2.22. The SMILES string of the molecule is C=C(COCC(F)(F)S(=O)(=O)OS1(c2ccc(C(C)(C)C)cc2)CCCC1)C(=O)Cl. The summed E-state index contributed by atoms with van der Waals surface area (Å²) in [6.07, 6.45) is 1.40. The molecule has 0 atom stereocenters. The van der Waals surface area contributed by atoms with E-state index >= 15 is 0 Å². The van der Waals surface area contributed by atoms with E-state index < -0.39 is 44.1 Å². The number of hydrogen-bond acceptors (Lipinski definition) is 5. The molecule has 0 N–H and O–H groups in total. The fourth-order valence-electron chi connectivity index (χ4n) is 2.96. The van der Waals surface area contributed by atoms with Gasteiger partial charge in [-0.25, -0.2) is 3.63 Å². The van der Waals surface area contributed by atoms with Crippen LogP contribution in [0.5, 0.6) is 0 Å². The van der Waals surface area contributed by atoms with E-state index in [1.165, 1.54) is 0 Å². The molecule has 0 aromatic heterocycles. The van der Waals surface area contributed by atoms with Crippen molar-refractivity contribution in [1.82, 2.24) is 0 Å². The number of halogens is 3. The predicted molar refractivity (Wildman–Crippen MR) is 116 cm³/mol. The fourth-order valence-corrected chi connectivity index (χ4v) is 8.52. The Hall–Kier alpha value is -1.00. The van der Waals surface area contributed by atoms with E-state index in [4.69, 9.17) is 15.2 Å². The summed E-state index contributed by atoms with van der Waals surface area (Å²) in [5, 5.41) is -5.22. The number of ether oxygens (including phenoxy) is 1. The van der Waals surface area contributed by atoms with Crippen LogP contribution in [0.15, 0.2) is 41.3 Å². The molecule has 1 saturated heterocycles. The first-order valence-corrected chi connectivity index (χ1v) is 13.1. The molecule has 0 amide bonds. The molecule has 1 aromatic carbocycles. The number of carbonyl (C=O) groups is 1. The minimum absolute atomic E-state index is 0.0948. The molecule has 1 aromatic rings. The minimum Gasteiger partial charge on any atom is -0.369 e. The highest BCUT2D eigenvalue weighted by molar-refractivity contribution is 8.33. The molecule has 1 fully saturated rings. The lowest BCUT2D eigenvalue weighted by molar-refractivity contribution is -0.109. The number of carbonyl (C=O) groups excluding carboxylic acids is 1. The zero-order valence-corrected chi connectivity index (χ0v) is 19.6. The van der Waals surface area contributed by atoms with Gasteiger partial charge in [-0.15, -0.1) is 0 Å². The van der Waals surface area contributed by atoms with Crippen molar-refractivity contribution in [3.63, 3.8) is 0 Å². The second-order valence-electron chi connectivity index (χ2n) is 8.23. The minimum atomic E-state index is -5.28. The molecule has 5 nitrogen and oxygen atoms in total. The summed E-state index contributed by atoms with van der Waals surface area (Å²) in [4.78, 5) is 11.5. The molecule has 0 aliphatic carbocycles. The van der Waals surface area contributed by atoms with E-state index in [0.29, 0.717) is 29.2 Å². The lowest BCUT2D eigenvalue weighted by Gasteiger charge is -2.36. The Kier molecular flexibility index (Phi) is 7.78. The molecule has 0 radical (unpaired) electrons. The van der Waals surface area contributed by atoms with Gasteiger partial charge < -0.3 is 4.74 Å². The zero-order valence-electron chi connectivity index (χ0n) is 17.3. The van der Waals surface area contributed by atoms with Crippen molar-refractivity contribution in [3.8, 4) is 0 Å². The standard InChI is InChI=1S/C20H27ClF2O5S2/c1-15(18(21)24)13-27-14-20(22,23)30(25,26)28-29(11-5-6-12-29)17-9-7-16(8-10-17)19(2,3)4/h7-10H,1,5-6,11-14H2,2-4H3. The summed E-state index contributed by atoms with van der Waals surface area (Å²) in [6, 6.07) is 7.33. The monoisotopic (exact) mass is 484 g/mol. The Labute approximate surface area is 183 Å². The number of hydrogen-bond donors (Lipinski definition) is 0. The third kappa shape index (κ3) is 5.82. The van der Waals surface area contributed by atoms with Crippen LogP contribution in [0.2, 0.25) is 0 Å². The molecule has 10 heteroatoms. The first-order valence-electron chi connectivity index (χ1n) is 9.38. The summed E-state index contributed by atoms with van der Waals surface area (Å²) in [5.41, 5.74) is 0.708. The highest BCUT2D eigenvalue weighted by Gasteiger charge is 2.51. The van der Waals surface area contributed by atoms with Crippen LogP contribution in [0.1, 0.15) is 39.2 Å². The van der Waals surface area contributed by atoms with Crippen molar-refractivity contribution >= 4 is 37.3 Å². The molecule has 0 saturated carbocycles. The van der Waals surface area contributed by atoms with Crippen molar-refractivity contribution in [2.45, 2.75) is 49.2 Å². The quantitative estimate of drug-likeness (QED) is 0.359. The van der Waals surface area contributed by atoms with E-state index in [9.17, 15) is 22.0 Å². The van der Waals surface area contributed by atoms with Crippen LogP contribution < -0.4 is 0 Å². The summed E-state index contributed by atoms with van der Waals surface area (Å²) >= 11 is 5.16. The first kappa shape index (κ1) is 25.3. The normalized spacial score (nSPS) is 18.2. The van der Waals surface area contributed by atoms with Crippen LogP contribution in [0.4, 0.5) is 8.78 Å². The highest BCUT2D eigenvalue weighted by Crippen LogP contribution is 2.63. The maximum atomic E-state index is 14.4. The maximum Gasteiger partial charge on any atom is 0.393 e. The Morgan fingerprint density at radius 2 is 1.70 bits per heavy atom. The van der Waals surface area contributed by atoms with Crippen LogP contribution in [0.3, 0.4) is 0 Å². The topological polar surface area (TPSA) is 69.7 Å². The molecule has 0 unspecified atom stereocenters. The van der Waals surface area contributed by atoms with Crippen molar-refractivity contribution in [3.05, 3.63) is 42.0 Å². The zero-order chi connectivity index (χ0) is 22.8. The van der Waals surface area contributed by atoms with Gasteiger partial charge in [-0.2, -0.15) is 17.2 Å². The Bertz CT molecular complexity index is 887. The average Bonchev–Trinajstić information content (AvgIpc) is 3.09. The molecule has 2 rings (SSSR count). The lowest BCUT2D eigenvalue weighted by Crippen LogP contribution is -2.36. The molecular formula is C20H27ClF2O5S2. The molecule has 170 valence electrons. The van der Waals surface area contributed by atoms with Gasteiger partial charge in [0.2, 0.25) is 5.24 Å². The number of benzene rings is 1. The molecule has 0 bridgehead atoms. The van der Waals surface area contributed by atoms with Crippen molar-refractivity contribution in [2.75, 3.05) is 24.7 Å². The van der Waals surface area contributed by atoms with E-state index in [-0.39, 0.29) is 11.0 Å². The third-order valence-electron chi connectivity index (χ3n) is 4.76. The van der Waals surface area contributed by atoms with Gasteiger partial charge in [-0.1, -0.05) is 49.8 Å². The predicted octanol–water partition coefficient (Wildman–Crippen LogP) is 5.13. The van der Waals surface area contributed by atoms with Crippen LogP contribution in [-0.4, -0.2) is 43.6 Å². The largest absolute Gasteiger partial charge is 0.393 e. The van der Waals surface area contributed by atoms with Crippen LogP contribution in [0, 0.1) is 0 Å². The smallest absolute Gasteiger partial charge is 0.369 e. The van der Waals surface area contributed by atoms with Crippen molar-refractivity contribution in [2.24, 2.45) is 0 Å². The second kappa shape index (κ2) is 9.24. The highest BCUT2D eigenvalue weighted by atomic mass is 35.5. The Morgan fingerprint density at radius 1 is 1.17 bits per heavy atom. The van der Waals surface area contributed by atoms with Gasteiger partial charge in [0.1, 0.15) is 6.61 Å². The molecule has 30 heavy (non-hydrogen) atoms. The average molecular weight is 485 g/mol. The van der Waals surface area contributed by atoms with Gasteiger partial charge in [0.05, 0.1) is 6.61 Å². The van der Waals surface area contributed by atoms with Crippen LogP contribution in [0.25, 0.3) is 0 Å². The van der Waals surface area contributed by atoms with Gasteiger partial charge in [-0.3, -0.25) is 4.79 Å². The molecular weight excluding hydrogens is 458 g/mol. The van der Waals surface area contributed by atoms with Crippen molar-refractivity contribution in [1.29, 1.82) is 0 Å². The molecule has 1 heterocycles. The maximum absolute atomic E-state index is 14.4. The second-order valence-corrected chi connectivity index (χ2v) is 13.5. The lowest BCUT2D eigenvalue weighted by atomic mass is 9.87. The molecule has 0 spiro atoms. The summed E-state index contributed by atoms with van der Waals surface area (Å²) in [5.74, 6) is 0.797. The number of rotatable bonds is 9. The fraction of sp³-hybridized carbons (Fsp3) is 0.550. The van der Waals surface area contributed by atoms with Gasteiger partial charge in [0.15, 0.2) is 0 Å². The van der Waals surface area contributed by atoms with Crippen LogP contribution >= 0.6 is 21.9 Å². The van der Waals surface area contributed by atoms with E-state index in [2.05, 4.69) is 11.3 Å². The molecule has 1 aliphatic rings. The summed E-state index contributed by atoms with van der Waals surface area (Å²) in [6.45, 7) is 7.36. The van der Waals surface area contributed by atoms with E-state index in [0.717, 1.165) is 5.56 Å². The van der Waals surface area contributed by atoms with Crippen LogP contribution in [-0.2, 0) is 28.7 Å². The Morgan fingerprint density at radius 3 is 2.17 bits per heavy atom. The van der Waals surface area contributed by atoms with E-state index in [1.807, 2.05) is 32.9 Å². The summed E-state index contributed by atoms with van der Waals surface area (Å²) in [7, 11) is -7.69. The van der Waals surface area contributed by atoms with E-state index in [1.54, 1.807) is 12.1 Å².